The van der Waals surface area contributed by atoms with Crippen molar-refractivity contribution >= 4 is 11.8 Å². The van der Waals surface area contributed by atoms with Crippen LogP contribution in [0.2, 0.25) is 0 Å². The molecule has 0 spiro atoms. The lowest BCUT2D eigenvalue weighted by molar-refractivity contribution is 0.203. The molecule has 1 saturated carbocycles. The smallest absolute Gasteiger partial charge is 0.00953 e. The molecule has 0 bridgehead atoms. The van der Waals surface area contributed by atoms with Crippen LogP contribution in [-0.2, 0) is 0 Å². The fourth-order valence-corrected chi connectivity index (χ4v) is 3.25. The Morgan fingerprint density at radius 2 is 2.07 bits per heavy atom. The van der Waals surface area contributed by atoms with E-state index < -0.39 is 0 Å². The maximum atomic E-state index is 3.77. The van der Waals surface area contributed by atoms with Gasteiger partial charge in [-0.1, -0.05) is 33.6 Å². The highest BCUT2D eigenvalue weighted by atomic mass is 32.2. The van der Waals surface area contributed by atoms with Crippen molar-refractivity contribution in [2.24, 2.45) is 17.8 Å². The van der Waals surface area contributed by atoms with E-state index in [9.17, 15) is 0 Å². The molecule has 0 aromatic heterocycles. The SMILES string of the molecule is CSCC(C)CNC1CCCC(C)C1C. The van der Waals surface area contributed by atoms with Gasteiger partial charge in [-0.05, 0) is 42.7 Å². The van der Waals surface area contributed by atoms with Gasteiger partial charge in [0.25, 0.3) is 0 Å². The Kier molecular flexibility index (Phi) is 6.06. The minimum absolute atomic E-state index is 0.776. The van der Waals surface area contributed by atoms with Crippen molar-refractivity contribution in [3.05, 3.63) is 0 Å². The second-order valence-corrected chi connectivity index (χ2v) is 6.25. The first-order valence-corrected chi connectivity index (χ1v) is 7.76. The topological polar surface area (TPSA) is 12.0 Å². The third-order valence-corrected chi connectivity index (χ3v) is 4.79. The van der Waals surface area contributed by atoms with Crippen molar-refractivity contribution in [1.82, 2.24) is 5.32 Å². The molecule has 15 heavy (non-hydrogen) atoms. The summed E-state index contributed by atoms with van der Waals surface area (Å²) >= 11 is 1.96. The summed E-state index contributed by atoms with van der Waals surface area (Å²) in [6.07, 6.45) is 6.43. The molecular weight excluding hydrogens is 202 g/mol. The van der Waals surface area contributed by atoms with Crippen LogP contribution in [0.1, 0.15) is 40.0 Å². The molecule has 4 unspecified atom stereocenters. The van der Waals surface area contributed by atoms with Gasteiger partial charge in [-0.3, -0.25) is 0 Å². The van der Waals surface area contributed by atoms with E-state index in [0.29, 0.717) is 0 Å². The third-order valence-electron chi connectivity index (χ3n) is 3.89. The predicted octanol–water partition coefficient (Wildman–Crippen LogP) is 3.40. The van der Waals surface area contributed by atoms with E-state index >= 15 is 0 Å². The van der Waals surface area contributed by atoms with Crippen LogP contribution in [0.4, 0.5) is 0 Å². The van der Waals surface area contributed by atoms with Crippen molar-refractivity contribution in [3.8, 4) is 0 Å². The van der Waals surface area contributed by atoms with Gasteiger partial charge in [0.05, 0.1) is 0 Å². The number of nitrogens with one attached hydrogen (secondary N) is 1. The summed E-state index contributed by atoms with van der Waals surface area (Å²) in [7, 11) is 0. The molecule has 0 saturated heterocycles. The van der Waals surface area contributed by atoms with Crippen molar-refractivity contribution in [2.45, 2.75) is 46.1 Å². The summed E-state index contributed by atoms with van der Waals surface area (Å²) < 4.78 is 0. The maximum absolute atomic E-state index is 3.77. The fraction of sp³-hybridized carbons (Fsp3) is 1.00. The largest absolute Gasteiger partial charge is 0.313 e. The molecule has 90 valence electrons. The van der Waals surface area contributed by atoms with Gasteiger partial charge in [0, 0.05) is 6.04 Å². The van der Waals surface area contributed by atoms with Crippen LogP contribution in [0.15, 0.2) is 0 Å². The zero-order chi connectivity index (χ0) is 11.3. The quantitative estimate of drug-likeness (QED) is 0.775. The summed E-state index contributed by atoms with van der Waals surface area (Å²) in [5.74, 6) is 3.86. The molecule has 0 heterocycles. The van der Waals surface area contributed by atoms with Gasteiger partial charge in [-0.15, -0.1) is 0 Å². The zero-order valence-electron chi connectivity index (χ0n) is 10.8. The zero-order valence-corrected chi connectivity index (χ0v) is 11.6. The van der Waals surface area contributed by atoms with E-state index in [1.54, 1.807) is 0 Å². The first-order valence-electron chi connectivity index (χ1n) is 6.37. The lowest BCUT2D eigenvalue weighted by Gasteiger charge is -2.35. The molecule has 2 heteroatoms. The minimum Gasteiger partial charge on any atom is -0.313 e. The van der Waals surface area contributed by atoms with Gasteiger partial charge in [-0.25, -0.2) is 0 Å². The van der Waals surface area contributed by atoms with Crippen molar-refractivity contribution in [2.75, 3.05) is 18.6 Å². The lowest BCUT2D eigenvalue weighted by Crippen LogP contribution is -2.42. The third kappa shape index (κ3) is 4.36. The molecule has 1 aliphatic rings. The van der Waals surface area contributed by atoms with Crippen LogP contribution in [0.3, 0.4) is 0 Å². The van der Waals surface area contributed by atoms with E-state index in [1.807, 2.05) is 11.8 Å². The van der Waals surface area contributed by atoms with Crippen LogP contribution < -0.4 is 5.32 Å². The molecular formula is C13H27NS. The Morgan fingerprint density at radius 3 is 2.73 bits per heavy atom. The lowest BCUT2D eigenvalue weighted by atomic mass is 9.78. The molecule has 1 aliphatic carbocycles. The molecule has 1 fully saturated rings. The van der Waals surface area contributed by atoms with E-state index in [4.69, 9.17) is 0 Å². The van der Waals surface area contributed by atoms with Gasteiger partial charge < -0.3 is 5.32 Å². The first-order chi connectivity index (χ1) is 7.15. The Morgan fingerprint density at radius 1 is 1.33 bits per heavy atom. The second-order valence-electron chi connectivity index (χ2n) is 5.34. The van der Waals surface area contributed by atoms with Gasteiger partial charge >= 0.3 is 0 Å². The molecule has 1 nitrogen and oxygen atoms in total. The number of rotatable bonds is 5. The second kappa shape index (κ2) is 6.80. The summed E-state index contributed by atoms with van der Waals surface area (Å²) in [6.45, 7) is 8.37. The molecule has 4 atom stereocenters. The molecule has 0 aliphatic heterocycles. The van der Waals surface area contributed by atoms with Crippen LogP contribution in [0.5, 0.6) is 0 Å². The summed E-state index contributed by atoms with van der Waals surface area (Å²) in [5.41, 5.74) is 0. The van der Waals surface area contributed by atoms with Gasteiger partial charge in [0.1, 0.15) is 0 Å². The predicted molar refractivity (Wildman–Crippen MR) is 71.5 cm³/mol. The van der Waals surface area contributed by atoms with E-state index in [1.165, 1.54) is 31.6 Å². The Bertz CT molecular complexity index is 172. The number of hydrogen-bond donors (Lipinski definition) is 1. The summed E-state index contributed by atoms with van der Waals surface area (Å²) in [5, 5.41) is 3.77. The highest BCUT2D eigenvalue weighted by molar-refractivity contribution is 7.98. The number of thioether (sulfide) groups is 1. The Hall–Kier alpha value is 0.310. The van der Waals surface area contributed by atoms with E-state index in [0.717, 1.165) is 23.8 Å². The number of hydrogen-bond acceptors (Lipinski definition) is 2. The summed E-state index contributed by atoms with van der Waals surface area (Å²) in [4.78, 5) is 0. The van der Waals surface area contributed by atoms with E-state index in [-0.39, 0.29) is 0 Å². The van der Waals surface area contributed by atoms with Crippen molar-refractivity contribution < 1.29 is 0 Å². The highest BCUT2D eigenvalue weighted by Gasteiger charge is 2.26. The van der Waals surface area contributed by atoms with Crippen LogP contribution in [-0.4, -0.2) is 24.6 Å². The Balaban J connectivity index is 2.25. The van der Waals surface area contributed by atoms with E-state index in [2.05, 4.69) is 32.3 Å². The van der Waals surface area contributed by atoms with Crippen LogP contribution in [0, 0.1) is 17.8 Å². The Labute approximate surface area is 99.8 Å². The molecule has 0 aromatic rings. The normalized spacial score (nSPS) is 34.0. The van der Waals surface area contributed by atoms with Gasteiger partial charge in [0.15, 0.2) is 0 Å². The van der Waals surface area contributed by atoms with Crippen molar-refractivity contribution in [3.63, 3.8) is 0 Å². The molecule has 1 rings (SSSR count). The highest BCUT2D eigenvalue weighted by Crippen LogP contribution is 2.29. The van der Waals surface area contributed by atoms with Gasteiger partial charge in [0.2, 0.25) is 0 Å². The van der Waals surface area contributed by atoms with Crippen molar-refractivity contribution in [1.29, 1.82) is 0 Å². The minimum atomic E-state index is 0.776. The molecule has 0 radical (unpaired) electrons. The summed E-state index contributed by atoms with van der Waals surface area (Å²) in [6, 6.07) is 0.776. The van der Waals surface area contributed by atoms with Crippen LogP contribution >= 0.6 is 11.8 Å². The average Bonchev–Trinajstić information content (AvgIpc) is 2.21. The van der Waals surface area contributed by atoms with Crippen LogP contribution in [0.25, 0.3) is 0 Å². The fourth-order valence-electron chi connectivity index (χ4n) is 2.57. The monoisotopic (exact) mass is 229 g/mol. The molecule has 1 N–H and O–H groups in total. The maximum Gasteiger partial charge on any atom is 0.00953 e. The standard InChI is InChI=1S/C13H27NS/c1-10(9-15-4)8-14-13-7-5-6-11(2)12(13)3/h10-14H,5-9H2,1-4H3. The van der Waals surface area contributed by atoms with Gasteiger partial charge in [-0.2, -0.15) is 11.8 Å². The molecule has 0 aromatic carbocycles. The average molecular weight is 229 g/mol. The molecule has 0 amide bonds. The first kappa shape index (κ1) is 13.4.